The SMILES string of the molecule is CCCCCCOCCOCCOCCOCCOCCOCCOCCOCCOCCC(=O)OC. The minimum Gasteiger partial charge on any atom is -0.469 e. The highest BCUT2D eigenvalue weighted by Crippen LogP contribution is 1.98. The fourth-order valence-electron chi connectivity index (χ4n) is 2.75. The number of hydrogen-bond donors (Lipinski definition) is 0. The number of carbonyl (C=O) groups is 1. The average molecular weight is 541 g/mol. The van der Waals surface area contributed by atoms with Gasteiger partial charge in [0.15, 0.2) is 0 Å². The molecular formula is C26H52O11. The zero-order chi connectivity index (χ0) is 26.9. The van der Waals surface area contributed by atoms with Gasteiger partial charge in [0.1, 0.15) is 0 Å². The van der Waals surface area contributed by atoms with Gasteiger partial charge in [0.2, 0.25) is 0 Å². The van der Waals surface area contributed by atoms with Gasteiger partial charge in [-0.1, -0.05) is 26.2 Å². The summed E-state index contributed by atoms with van der Waals surface area (Å²) in [5.41, 5.74) is 0. The molecule has 37 heavy (non-hydrogen) atoms. The summed E-state index contributed by atoms with van der Waals surface area (Å²) in [4.78, 5) is 10.9. The molecule has 0 aliphatic heterocycles. The predicted octanol–water partition coefficient (Wildman–Crippen LogP) is 2.28. The van der Waals surface area contributed by atoms with Crippen LogP contribution in [0.25, 0.3) is 0 Å². The van der Waals surface area contributed by atoms with E-state index in [0.717, 1.165) is 13.0 Å². The number of ether oxygens (including phenoxy) is 10. The molecule has 0 aliphatic carbocycles. The Labute approximate surface area is 223 Å². The molecule has 0 aromatic rings. The Morgan fingerprint density at radius 2 is 0.703 bits per heavy atom. The van der Waals surface area contributed by atoms with Crippen molar-refractivity contribution in [3.8, 4) is 0 Å². The van der Waals surface area contributed by atoms with Crippen LogP contribution < -0.4 is 0 Å². The third-order valence-corrected chi connectivity index (χ3v) is 4.80. The molecule has 0 unspecified atom stereocenters. The summed E-state index contributed by atoms with van der Waals surface area (Å²) < 4.78 is 53.3. The van der Waals surface area contributed by atoms with Crippen molar-refractivity contribution in [1.82, 2.24) is 0 Å². The summed E-state index contributed by atoms with van der Waals surface area (Å²) in [6.45, 7) is 11.7. The minimum atomic E-state index is -0.281. The second-order valence-electron chi connectivity index (χ2n) is 7.90. The Bertz CT molecular complexity index is 441. The zero-order valence-corrected chi connectivity index (χ0v) is 23.3. The summed E-state index contributed by atoms with van der Waals surface area (Å²) in [5, 5.41) is 0. The molecule has 0 aromatic heterocycles. The summed E-state index contributed by atoms with van der Waals surface area (Å²) >= 11 is 0. The van der Waals surface area contributed by atoms with Gasteiger partial charge in [-0.25, -0.2) is 0 Å². The fourth-order valence-corrected chi connectivity index (χ4v) is 2.75. The van der Waals surface area contributed by atoms with Crippen LogP contribution in [0.15, 0.2) is 0 Å². The van der Waals surface area contributed by atoms with Crippen LogP contribution in [0.1, 0.15) is 39.0 Å². The number of carbonyl (C=O) groups excluding carboxylic acids is 1. The lowest BCUT2D eigenvalue weighted by atomic mass is 10.2. The standard InChI is InChI=1S/C26H52O11/c1-3-4-5-6-8-29-10-12-31-14-16-33-18-20-35-22-24-37-25-23-36-21-19-34-17-15-32-13-11-30-9-7-26(27)28-2/h3-25H2,1-2H3. The summed E-state index contributed by atoms with van der Waals surface area (Å²) in [6.07, 6.45) is 5.14. The third kappa shape index (κ3) is 33.1. The maximum atomic E-state index is 10.9. The topological polar surface area (TPSA) is 109 Å². The second-order valence-corrected chi connectivity index (χ2v) is 7.90. The van der Waals surface area contributed by atoms with Gasteiger partial charge in [0.25, 0.3) is 0 Å². The Balaban J connectivity index is 3.03. The van der Waals surface area contributed by atoms with Gasteiger partial charge in [-0.15, -0.1) is 0 Å². The molecule has 0 radical (unpaired) electrons. The molecule has 0 heterocycles. The monoisotopic (exact) mass is 540 g/mol. The molecule has 0 rings (SSSR count). The van der Waals surface area contributed by atoms with Crippen molar-refractivity contribution in [3.63, 3.8) is 0 Å². The van der Waals surface area contributed by atoms with Crippen molar-refractivity contribution in [2.24, 2.45) is 0 Å². The van der Waals surface area contributed by atoms with Gasteiger partial charge in [-0.2, -0.15) is 0 Å². The van der Waals surface area contributed by atoms with Crippen LogP contribution in [0, 0.1) is 0 Å². The van der Waals surface area contributed by atoms with Gasteiger partial charge in [-0.3, -0.25) is 4.79 Å². The molecule has 0 bridgehead atoms. The Kier molecular flexibility index (Phi) is 32.3. The highest BCUT2D eigenvalue weighted by molar-refractivity contribution is 5.69. The van der Waals surface area contributed by atoms with Crippen LogP contribution in [0.3, 0.4) is 0 Å². The van der Waals surface area contributed by atoms with E-state index in [9.17, 15) is 4.79 Å². The van der Waals surface area contributed by atoms with Gasteiger partial charge in [-0.05, 0) is 6.42 Å². The lowest BCUT2D eigenvalue weighted by molar-refractivity contribution is -0.141. The fraction of sp³-hybridized carbons (Fsp3) is 0.962. The van der Waals surface area contributed by atoms with Crippen molar-refractivity contribution >= 4 is 5.97 Å². The van der Waals surface area contributed by atoms with Crippen LogP contribution in [0.4, 0.5) is 0 Å². The molecule has 11 nitrogen and oxygen atoms in total. The van der Waals surface area contributed by atoms with E-state index in [0.29, 0.717) is 112 Å². The van der Waals surface area contributed by atoms with E-state index in [4.69, 9.17) is 42.6 Å². The largest absolute Gasteiger partial charge is 0.469 e. The highest BCUT2D eigenvalue weighted by atomic mass is 16.6. The first kappa shape index (κ1) is 36.1. The zero-order valence-electron chi connectivity index (χ0n) is 23.3. The lowest BCUT2D eigenvalue weighted by Gasteiger charge is -2.09. The minimum absolute atomic E-state index is 0.251. The molecule has 0 aliphatic rings. The van der Waals surface area contributed by atoms with Gasteiger partial charge in [0.05, 0.1) is 126 Å². The van der Waals surface area contributed by atoms with Crippen LogP contribution >= 0.6 is 0 Å². The number of rotatable bonds is 32. The summed E-state index contributed by atoms with van der Waals surface area (Å²) in [7, 11) is 1.36. The molecule has 222 valence electrons. The molecule has 0 N–H and O–H groups in total. The number of hydrogen-bond acceptors (Lipinski definition) is 11. The molecule has 0 atom stereocenters. The number of unbranched alkanes of at least 4 members (excludes halogenated alkanes) is 3. The smallest absolute Gasteiger partial charge is 0.307 e. The number of esters is 1. The van der Waals surface area contributed by atoms with Crippen molar-refractivity contribution in [3.05, 3.63) is 0 Å². The summed E-state index contributed by atoms with van der Waals surface area (Å²) in [5.74, 6) is -0.281. The molecule has 0 saturated heterocycles. The first-order valence-corrected chi connectivity index (χ1v) is 13.6. The Morgan fingerprint density at radius 3 is 1.00 bits per heavy atom. The molecule has 0 fully saturated rings. The first-order chi connectivity index (χ1) is 18.3. The Morgan fingerprint density at radius 1 is 0.405 bits per heavy atom. The lowest BCUT2D eigenvalue weighted by Crippen LogP contribution is -2.15. The first-order valence-electron chi connectivity index (χ1n) is 13.6. The van der Waals surface area contributed by atoms with Crippen LogP contribution in [0.5, 0.6) is 0 Å². The van der Waals surface area contributed by atoms with E-state index >= 15 is 0 Å². The van der Waals surface area contributed by atoms with E-state index in [1.165, 1.54) is 26.4 Å². The average Bonchev–Trinajstić information content (AvgIpc) is 2.91. The molecule has 0 amide bonds. The second kappa shape index (κ2) is 33.1. The molecule has 0 aromatic carbocycles. The van der Waals surface area contributed by atoms with E-state index in [1.807, 2.05) is 0 Å². The maximum absolute atomic E-state index is 10.9. The van der Waals surface area contributed by atoms with E-state index in [1.54, 1.807) is 0 Å². The number of methoxy groups -OCH3 is 1. The van der Waals surface area contributed by atoms with Crippen molar-refractivity contribution in [2.75, 3.05) is 126 Å². The van der Waals surface area contributed by atoms with Crippen LogP contribution in [0.2, 0.25) is 0 Å². The quantitative estimate of drug-likeness (QED) is 0.0926. The molecule has 11 heteroatoms. The van der Waals surface area contributed by atoms with Crippen molar-refractivity contribution in [1.29, 1.82) is 0 Å². The Hall–Kier alpha value is -0.890. The predicted molar refractivity (Wildman–Crippen MR) is 138 cm³/mol. The molecule has 0 saturated carbocycles. The van der Waals surface area contributed by atoms with E-state index < -0.39 is 0 Å². The van der Waals surface area contributed by atoms with Gasteiger partial charge >= 0.3 is 5.97 Å². The van der Waals surface area contributed by atoms with Crippen molar-refractivity contribution < 1.29 is 52.2 Å². The highest BCUT2D eigenvalue weighted by Gasteiger charge is 1.99. The van der Waals surface area contributed by atoms with Crippen molar-refractivity contribution in [2.45, 2.75) is 39.0 Å². The van der Waals surface area contributed by atoms with Gasteiger partial charge < -0.3 is 47.4 Å². The summed E-state index contributed by atoms with van der Waals surface area (Å²) in [6, 6.07) is 0. The molecular weight excluding hydrogens is 488 g/mol. The van der Waals surface area contributed by atoms with Gasteiger partial charge in [0, 0.05) is 6.61 Å². The van der Waals surface area contributed by atoms with E-state index in [2.05, 4.69) is 11.7 Å². The van der Waals surface area contributed by atoms with E-state index in [-0.39, 0.29) is 12.4 Å². The van der Waals surface area contributed by atoms with Crippen LogP contribution in [-0.4, -0.2) is 132 Å². The normalized spacial score (nSPS) is 11.3. The molecule has 0 spiro atoms. The van der Waals surface area contributed by atoms with Crippen LogP contribution in [-0.2, 0) is 52.2 Å². The maximum Gasteiger partial charge on any atom is 0.307 e. The third-order valence-electron chi connectivity index (χ3n) is 4.80.